The molecule has 0 aliphatic heterocycles. The summed E-state index contributed by atoms with van der Waals surface area (Å²) in [7, 11) is 1.22. The van der Waals surface area contributed by atoms with E-state index in [0.29, 0.717) is 12.5 Å². The standard InChI is InChI=1S/C16H20F3NO3/c1-10(2)6-8-20(9-7-13(21)23-3)16(22)11-4-5-12(17)15(19)14(11)18/h4-5,10H,6-9H2,1-3H3. The molecule has 0 aromatic heterocycles. The maximum absolute atomic E-state index is 13.8. The van der Waals surface area contributed by atoms with Crippen LogP contribution in [0.4, 0.5) is 13.2 Å². The summed E-state index contributed by atoms with van der Waals surface area (Å²) >= 11 is 0. The van der Waals surface area contributed by atoms with E-state index in [1.165, 1.54) is 12.0 Å². The maximum Gasteiger partial charge on any atom is 0.307 e. The molecule has 0 aliphatic rings. The van der Waals surface area contributed by atoms with E-state index in [-0.39, 0.29) is 25.4 Å². The predicted molar refractivity (Wildman–Crippen MR) is 78.3 cm³/mol. The van der Waals surface area contributed by atoms with Gasteiger partial charge >= 0.3 is 5.97 Å². The van der Waals surface area contributed by atoms with Crippen molar-refractivity contribution in [2.75, 3.05) is 20.2 Å². The first-order chi connectivity index (χ1) is 10.8. The molecule has 7 heteroatoms. The largest absolute Gasteiger partial charge is 0.469 e. The van der Waals surface area contributed by atoms with Crippen molar-refractivity contribution >= 4 is 11.9 Å². The highest BCUT2D eigenvalue weighted by Gasteiger charge is 2.24. The van der Waals surface area contributed by atoms with Crippen molar-refractivity contribution in [1.29, 1.82) is 0 Å². The maximum atomic E-state index is 13.8. The summed E-state index contributed by atoms with van der Waals surface area (Å²) in [4.78, 5) is 24.9. The van der Waals surface area contributed by atoms with Crippen molar-refractivity contribution in [3.05, 3.63) is 35.1 Å². The van der Waals surface area contributed by atoms with Crippen molar-refractivity contribution in [3.63, 3.8) is 0 Å². The first kappa shape index (κ1) is 19.0. The van der Waals surface area contributed by atoms with Crippen molar-refractivity contribution in [2.24, 2.45) is 5.92 Å². The zero-order chi connectivity index (χ0) is 17.6. The summed E-state index contributed by atoms with van der Waals surface area (Å²) in [5.41, 5.74) is -0.558. The average molecular weight is 331 g/mol. The zero-order valence-electron chi connectivity index (χ0n) is 13.4. The van der Waals surface area contributed by atoms with E-state index in [1.807, 2.05) is 13.8 Å². The Morgan fingerprint density at radius 2 is 1.78 bits per heavy atom. The molecule has 23 heavy (non-hydrogen) atoms. The number of carbonyl (C=O) groups excluding carboxylic acids is 2. The molecule has 0 N–H and O–H groups in total. The fourth-order valence-corrected chi connectivity index (χ4v) is 1.92. The Morgan fingerprint density at radius 3 is 2.35 bits per heavy atom. The van der Waals surface area contributed by atoms with Crippen LogP contribution in [-0.4, -0.2) is 37.0 Å². The molecule has 4 nitrogen and oxygen atoms in total. The highest BCUT2D eigenvalue weighted by molar-refractivity contribution is 5.94. The van der Waals surface area contributed by atoms with Crippen LogP contribution in [0.1, 0.15) is 37.0 Å². The third-order valence-corrected chi connectivity index (χ3v) is 3.34. The topological polar surface area (TPSA) is 46.6 Å². The highest BCUT2D eigenvalue weighted by atomic mass is 19.2. The van der Waals surface area contributed by atoms with Crippen molar-refractivity contribution in [1.82, 2.24) is 4.90 Å². The molecule has 0 heterocycles. The number of amides is 1. The summed E-state index contributed by atoms with van der Waals surface area (Å²) in [6.07, 6.45) is 0.559. The van der Waals surface area contributed by atoms with Gasteiger partial charge in [-0.15, -0.1) is 0 Å². The molecule has 1 rings (SSSR count). The second-order valence-electron chi connectivity index (χ2n) is 5.52. The first-order valence-corrected chi connectivity index (χ1v) is 7.27. The molecule has 0 saturated carbocycles. The molecule has 0 saturated heterocycles. The van der Waals surface area contributed by atoms with E-state index in [0.717, 1.165) is 6.07 Å². The number of carbonyl (C=O) groups is 2. The van der Waals surface area contributed by atoms with E-state index in [2.05, 4.69) is 4.74 Å². The molecule has 0 fully saturated rings. The lowest BCUT2D eigenvalue weighted by Gasteiger charge is -2.23. The van der Waals surface area contributed by atoms with Gasteiger partial charge in [0.2, 0.25) is 0 Å². The van der Waals surface area contributed by atoms with Gasteiger partial charge < -0.3 is 9.64 Å². The Labute approximate surface area is 133 Å². The second kappa shape index (κ2) is 8.55. The fraction of sp³-hybridized carbons (Fsp3) is 0.500. The predicted octanol–water partition coefficient (Wildman–Crippen LogP) is 3.16. The van der Waals surface area contributed by atoms with E-state index in [1.54, 1.807) is 0 Å². The number of hydrogen-bond donors (Lipinski definition) is 0. The Bertz CT molecular complexity index is 576. The number of rotatable bonds is 7. The van der Waals surface area contributed by atoms with Gasteiger partial charge in [-0.3, -0.25) is 9.59 Å². The van der Waals surface area contributed by atoms with Crippen LogP contribution in [0, 0.1) is 23.4 Å². The molecule has 0 atom stereocenters. The number of benzene rings is 1. The number of esters is 1. The van der Waals surface area contributed by atoms with Crippen LogP contribution in [-0.2, 0) is 9.53 Å². The first-order valence-electron chi connectivity index (χ1n) is 7.27. The quantitative estimate of drug-likeness (QED) is 0.569. The summed E-state index contributed by atoms with van der Waals surface area (Å²) in [6.45, 7) is 4.17. The van der Waals surface area contributed by atoms with Gasteiger partial charge in [0.15, 0.2) is 17.5 Å². The molecule has 0 spiro atoms. The molecule has 1 amide bonds. The Balaban J connectivity index is 2.97. The van der Waals surface area contributed by atoms with Gasteiger partial charge in [-0.1, -0.05) is 13.8 Å². The van der Waals surface area contributed by atoms with Crippen LogP contribution in [0.5, 0.6) is 0 Å². The lowest BCUT2D eigenvalue weighted by Crippen LogP contribution is -2.35. The minimum absolute atomic E-state index is 0.0106. The van der Waals surface area contributed by atoms with Crippen LogP contribution in [0.15, 0.2) is 12.1 Å². The average Bonchev–Trinajstić information content (AvgIpc) is 2.51. The molecular formula is C16H20F3NO3. The zero-order valence-corrected chi connectivity index (χ0v) is 13.4. The molecule has 0 unspecified atom stereocenters. The summed E-state index contributed by atoms with van der Waals surface area (Å²) < 4.78 is 44.6. The van der Waals surface area contributed by atoms with Crippen LogP contribution >= 0.6 is 0 Å². The third kappa shape index (κ3) is 5.26. The minimum Gasteiger partial charge on any atom is -0.469 e. The van der Waals surface area contributed by atoms with Gasteiger partial charge in [0, 0.05) is 13.1 Å². The van der Waals surface area contributed by atoms with Crippen molar-refractivity contribution in [3.8, 4) is 0 Å². The smallest absolute Gasteiger partial charge is 0.307 e. The van der Waals surface area contributed by atoms with Crippen molar-refractivity contribution in [2.45, 2.75) is 26.7 Å². The molecule has 128 valence electrons. The SMILES string of the molecule is COC(=O)CCN(CCC(C)C)C(=O)c1ccc(F)c(F)c1F. The fourth-order valence-electron chi connectivity index (χ4n) is 1.92. The van der Waals surface area contributed by atoms with Gasteiger partial charge in [0.1, 0.15) is 0 Å². The third-order valence-electron chi connectivity index (χ3n) is 3.34. The Morgan fingerprint density at radius 1 is 1.13 bits per heavy atom. The van der Waals surface area contributed by atoms with E-state index in [4.69, 9.17) is 0 Å². The number of hydrogen-bond acceptors (Lipinski definition) is 3. The number of ether oxygens (including phenoxy) is 1. The van der Waals surface area contributed by atoms with E-state index < -0.39 is 34.9 Å². The molecule has 1 aromatic carbocycles. The van der Waals surface area contributed by atoms with Crippen LogP contribution in [0.2, 0.25) is 0 Å². The van der Waals surface area contributed by atoms with Crippen LogP contribution in [0.25, 0.3) is 0 Å². The summed E-state index contributed by atoms with van der Waals surface area (Å²) in [5.74, 6) is -5.60. The number of nitrogens with zero attached hydrogens (tertiary/aromatic N) is 1. The lowest BCUT2D eigenvalue weighted by molar-refractivity contribution is -0.140. The number of methoxy groups -OCH3 is 1. The van der Waals surface area contributed by atoms with Crippen LogP contribution in [0.3, 0.4) is 0 Å². The van der Waals surface area contributed by atoms with Gasteiger partial charge in [-0.2, -0.15) is 0 Å². The van der Waals surface area contributed by atoms with Gasteiger partial charge in [0.05, 0.1) is 19.1 Å². The molecule has 1 aromatic rings. The Kier molecular flexibility index (Phi) is 7.06. The normalized spacial score (nSPS) is 10.7. The minimum atomic E-state index is -1.69. The van der Waals surface area contributed by atoms with E-state index >= 15 is 0 Å². The summed E-state index contributed by atoms with van der Waals surface area (Å²) in [6, 6.07) is 1.60. The number of halogens is 3. The second-order valence-corrected chi connectivity index (χ2v) is 5.52. The lowest BCUT2D eigenvalue weighted by atomic mass is 10.1. The van der Waals surface area contributed by atoms with Crippen LogP contribution < -0.4 is 0 Å². The van der Waals surface area contributed by atoms with Gasteiger partial charge in [-0.05, 0) is 24.5 Å². The molecule has 0 aliphatic carbocycles. The summed E-state index contributed by atoms with van der Waals surface area (Å²) in [5, 5.41) is 0. The van der Waals surface area contributed by atoms with Gasteiger partial charge in [0.25, 0.3) is 5.91 Å². The molecule has 0 bridgehead atoms. The van der Waals surface area contributed by atoms with E-state index in [9.17, 15) is 22.8 Å². The highest BCUT2D eigenvalue weighted by Crippen LogP contribution is 2.18. The molecular weight excluding hydrogens is 311 g/mol. The monoisotopic (exact) mass is 331 g/mol. The molecule has 0 radical (unpaired) electrons. The van der Waals surface area contributed by atoms with Gasteiger partial charge in [-0.25, -0.2) is 13.2 Å². The van der Waals surface area contributed by atoms with Crippen molar-refractivity contribution < 1.29 is 27.5 Å². The Hall–Kier alpha value is -2.05.